The van der Waals surface area contributed by atoms with Crippen molar-refractivity contribution in [2.45, 2.75) is 38.4 Å². The van der Waals surface area contributed by atoms with E-state index in [4.69, 9.17) is 9.26 Å². The zero-order valence-electron chi connectivity index (χ0n) is 14.8. The first kappa shape index (κ1) is 18.3. The highest BCUT2D eigenvalue weighted by molar-refractivity contribution is 5.50. The van der Waals surface area contributed by atoms with Crippen LogP contribution < -0.4 is 9.47 Å². The van der Waals surface area contributed by atoms with Crippen molar-refractivity contribution in [1.82, 2.24) is 15.1 Å². The number of aromatic nitrogens is 3. The molecule has 1 fully saturated rings. The predicted molar refractivity (Wildman–Crippen MR) is 91.7 cm³/mol. The van der Waals surface area contributed by atoms with Gasteiger partial charge >= 0.3 is 6.61 Å². The fraction of sp³-hybridized carbons (Fsp3) is 0.316. The monoisotopic (exact) mass is 391 g/mol. The Morgan fingerprint density at radius 2 is 2.00 bits per heavy atom. The lowest BCUT2D eigenvalue weighted by Gasteiger charge is -2.35. The molecule has 2 heterocycles. The molecule has 0 atom stereocenters. The molecular weight excluding hydrogens is 375 g/mol. The normalized spacial score (nSPS) is 18.8. The molecule has 0 radical (unpaired) electrons. The Kier molecular flexibility index (Phi) is 4.89. The molecule has 0 saturated heterocycles. The van der Waals surface area contributed by atoms with E-state index in [9.17, 15) is 13.2 Å². The smallest absolute Gasteiger partial charge is 0.387 e. The van der Waals surface area contributed by atoms with Crippen molar-refractivity contribution in [3.63, 3.8) is 0 Å². The molecule has 9 heteroatoms. The molecule has 0 amide bonds. The molecule has 28 heavy (non-hydrogen) atoms. The van der Waals surface area contributed by atoms with Gasteiger partial charge in [-0.05, 0) is 37.3 Å². The number of benzene rings is 1. The van der Waals surface area contributed by atoms with E-state index in [1.54, 1.807) is 12.1 Å². The summed E-state index contributed by atoms with van der Waals surface area (Å²) in [5.41, 5.74) is 1.63. The highest BCUT2D eigenvalue weighted by Gasteiger charge is 2.35. The van der Waals surface area contributed by atoms with Crippen LogP contribution in [0, 0.1) is 12.7 Å². The molecule has 0 N–H and O–H groups in total. The van der Waals surface area contributed by atoms with Gasteiger partial charge in [-0.25, -0.2) is 14.4 Å². The molecule has 1 aliphatic carbocycles. The SMILES string of the molecule is Cc1cc(-c2cnc(OC3CC(c4cccc(OC(F)F)c4F)C3)cn2)on1. The maximum Gasteiger partial charge on any atom is 0.387 e. The molecule has 0 aliphatic heterocycles. The van der Waals surface area contributed by atoms with Gasteiger partial charge in [0.15, 0.2) is 17.3 Å². The van der Waals surface area contributed by atoms with Crippen molar-refractivity contribution >= 4 is 0 Å². The van der Waals surface area contributed by atoms with Crippen LogP contribution in [0.1, 0.15) is 30.0 Å². The van der Waals surface area contributed by atoms with Crippen molar-refractivity contribution < 1.29 is 27.2 Å². The second-order valence-electron chi connectivity index (χ2n) is 6.52. The van der Waals surface area contributed by atoms with Gasteiger partial charge < -0.3 is 14.0 Å². The Balaban J connectivity index is 1.36. The van der Waals surface area contributed by atoms with Crippen LogP contribution in [0.15, 0.2) is 41.2 Å². The van der Waals surface area contributed by atoms with E-state index in [-0.39, 0.29) is 12.0 Å². The van der Waals surface area contributed by atoms with Gasteiger partial charge in [-0.2, -0.15) is 8.78 Å². The second-order valence-corrected chi connectivity index (χ2v) is 6.52. The quantitative estimate of drug-likeness (QED) is 0.616. The summed E-state index contributed by atoms with van der Waals surface area (Å²) in [6.45, 7) is -1.26. The minimum Gasteiger partial charge on any atom is -0.473 e. The minimum atomic E-state index is -3.07. The van der Waals surface area contributed by atoms with Crippen LogP contribution in [0.5, 0.6) is 11.6 Å². The fourth-order valence-electron chi connectivity index (χ4n) is 3.11. The number of nitrogens with zero attached hydrogens (tertiary/aromatic N) is 3. The van der Waals surface area contributed by atoms with E-state index >= 15 is 0 Å². The highest BCUT2D eigenvalue weighted by atomic mass is 19.3. The lowest BCUT2D eigenvalue weighted by molar-refractivity contribution is -0.0524. The van der Waals surface area contributed by atoms with Gasteiger partial charge in [-0.15, -0.1) is 0 Å². The molecule has 0 bridgehead atoms. The van der Waals surface area contributed by atoms with Gasteiger partial charge in [0.25, 0.3) is 0 Å². The Hall–Kier alpha value is -3.10. The van der Waals surface area contributed by atoms with Gasteiger partial charge in [0.2, 0.25) is 5.88 Å². The zero-order valence-corrected chi connectivity index (χ0v) is 14.8. The third kappa shape index (κ3) is 3.78. The Bertz CT molecular complexity index is 957. The van der Waals surface area contributed by atoms with E-state index in [2.05, 4.69) is 19.9 Å². The molecule has 2 aromatic heterocycles. The van der Waals surface area contributed by atoms with Gasteiger partial charge in [0.1, 0.15) is 11.8 Å². The summed E-state index contributed by atoms with van der Waals surface area (Å²) in [6.07, 6.45) is 3.94. The second kappa shape index (κ2) is 7.49. The number of hydrogen-bond donors (Lipinski definition) is 0. The largest absolute Gasteiger partial charge is 0.473 e. The molecule has 1 aliphatic rings. The molecule has 0 spiro atoms. The van der Waals surface area contributed by atoms with Gasteiger partial charge in [0, 0.05) is 6.07 Å². The molecule has 3 aromatic rings. The third-order valence-corrected chi connectivity index (χ3v) is 4.54. The first-order valence-electron chi connectivity index (χ1n) is 8.65. The number of aryl methyl sites for hydroxylation is 1. The molecule has 1 saturated carbocycles. The van der Waals surface area contributed by atoms with Crippen LogP contribution in [-0.4, -0.2) is 27.8 Å². The van der Waals surface area contributed by atoms with E-state index in [0.717, 1.165) is 5.69 Å². The first-order valence-corrected chi connectivity index (χ1v) is 8.65. The van der Waals surface area contributed by atoms with E-state index in [1.165, 1.54) is 24.5 Å². The van der Waals surface area contributed by atoms with Crippen LogP contribution in [0.3, 0.4) is 0 Å². The molecule has 0 unspecified atom stereocenters. The van der Waals surface area contributed by atoms with E-state index in [0.29, 0.717) is 35.7 Å². The predicted octanol–water partition coefficient (Wildman–Crippen LogP) is 4.51. The summed E-state index contributed by atoms with van der Waals surface area (Å²) >= 11 is 0. The summed E-state index contributed by atoms with van der Waals surface area (Å²) in [6, 6.07) is 6.01. The summed E-state index contributed by atoms with van der Waals surface area (Å²) in [5.74, 6) is -0.463. The number of halogens is 3. The van der Waals surface area contributed by atoms with E-state index in [1.807, 2.05) is 6.92 Å². The summed E-state index contributed by atoms with van der Waals surface area (Å²) in [4.78, 5) is 8.43. The standard InChI is InChI=1S/C19H16F3N3O3/c1-10-5-16(28-25-10)14-8-24-17(9-23-14)26-12-6-11(7-12)13-3-2-4-15(18(13)20)27-19(21)22/h2-5,8-9,11-12,19H,6-7H2,1H3. The first-order chi connectivity index (χ1) is 13.5. The van der Waals surface area contributed by atoms with Crippen LogP contribution in [0.4, 0.5) is 13.2 Å². The van der Waals surface area contributed by atoms with Crippen molar-refractivity contribution in [2.24, 2.45) is 0 Å². The lowest BCUT2D eigenvalue weighted by atomic mass is 9.77. The fourth-order valence-corrected chi connectivity index (χ4v) is 3.11. The maximum atomic E-state index is 14.3. The highest BCUT2D eigenvalue weighted by Crippen LogP contribution is 2.41. The number of ether oxygens (including phenoxy) is 2. The Morgan fingerprint density at radius 3 is 2.64 bits per heavy atom. The molecule has 146 valence electrons. The van der Waals surface area contributed by atoms with Gasteiger partial charge in [-0.1, -0.05) is 17.3 Å². The van der Waals surface area contributed by atoms with Crippen LogP contribution in [0.25, 0.3) is 11.5 Å². The molecule has 4 rings (SSSR count). The number of alkyl halides is 2. The van der Waals surface area contributed by atoms with E-state index < -0.39 is 18.2 Å². The Morgan fingerprint density at radius 1 is 1.18 bits per heavy atom. The summed E-state index contributed by atoms with van der Waals surface area (Å²) in [5, 5.41) is 3.80. The van der Waals surface area contributed by atoms with Crippen molar-refractivity contribution in [1.29, 1.82) is 0 Å². The van der Waals surface area contributed by atoms with Crippen molar-refractivity contribution in [3.8, 4) is 23.1 Å². The molecular formula is C19H16F3N3O3. The van der Waals surface area contributed by atoms with Crippen molar-refractivity contribution in [2.75, 3.05) is 0 Å². The number of rotatable bonds is 6. The minimum absolute atomic E-state index is 0.129. The zero-order chi connectivity index (χ0) is 19.7. The van der Waals surface area contributed by atoms with Crippen LogP contribution in [-0.2, 0) is 0 Å². The van der Waals surface area contributed by atoms with Crippen LogP contribution in [0.2, 0.25) is 0 Å². The average molecular weight is 391 g/mol. The molecule has 6 nitrogen and oxygen atoms in total. The third-order valence-electron chi connectivity index (χ3n) is 4.54. The maximum absolute atomic E-state index is 14.3. The summed E-state index contributed by atoms with van der Waals surface area (Å²) < 4.78 is 54.1. The lowest BCUT2D eigenvalue weighted by Crippen LogP contribution is -2.33. The summed E-state index contributed by atoms with van der Waals surface area (Å²) in [7, 11) is 0. The van der Waals surface area contributed by atoms with Crippen molar-refractivity contribution in [3.05, 3.63) is 53.7 Å². The van der Waals surface area contributed by atoms with Gasteiger partial charge in [0.05, 0.1) is 18.1 Å². The van der Waals surface area contributed by atoms with Gasteiger partial charge in [-0.3, -0.25) is 0 Å². The number of hydrogen-bond acceptors (Lipinski definition) is 6. The Labute approximate surface area is 158 Å². The molecule has 1 aromatic carbocycles. The topological polar surface area (TPSA) is 70.3 Å². The average Bonchev–Trinajstić information content (AvgIpc) is 3.07. The van der Waals surface area contributed by atoms with Crippen LogP contribution >= 0.6 is 0 Å².